The van der Waals surface area contributed by atoms with Crippen LogP contribution in [-0.4, -0.2) is 7.11 Å². The minimum atomic E-state index is -0.833. The molecule has 0 spiro atoms. The van der Waals surface area contributed by atoms with Crippen molar-refractivity contribution in [3.63, 3.8) is 0 Å². The topological polar surface area (TPSA) is 47.3 Å². The van der Waals surface area contributed by atoms with Crippen LogP contribution >= 0.6 is 15.9 Å². The summed E-state index contributed by atoms with van der Waals surface area (Å²) in [5, 5.41) is 0. The SMILES string of the molecule is COc1cccc(C(NN)c2c(F)cccc2Br)c1F. The van der Waals surface area contributed by atoms with Crippen LogP contribution in [0.15, 0.2) is 40.9 Å². The molecule has 0 saturated heterocycles. The number of nitrogens with two attached hydrogens (primary N) is 1. The highest BCUT2D eigenvalue weighted by molar-refractivity contribution is 9.10. The van der Waals surface area contributed by atoms with Crippen molar-refractivity contribution in [1.82, 2.24) is 5.43 Å². The van der Waals surface area contributed by atoms with Crippen molar-refractivity contribution in [2.45, 2.75) is 6.04 Å². The molecule has 0 aliphatic rings. The van der Waals surface area contributed by atoms with Crippen molar-refractivity contribution in [3.8, 4) is 5.75 Å². The van der Waals surface area contributed by atoms with E-state index in [1.807, 2.05) is 0 Å². The lowest BCUT2D eigenvalue weighted by atomic mass is 9.98. The highest BCUT2D eigenvalue weighted by Gasteiger charge is 2.23. The van der Waals surface area contributed by atoms with Crippen molar-refractivity contribution in [1.29, 1.82) is 0 Å². The monoisotopic (exact) mass is 342 g/mol. The van der Waals surface area contributed by atoms with Gasteiger partial charge < -0.3 is 4.74 Å². The standard InChI is InChI=1S/C14H13BrF2N2O/c1-20-11-7-2-4-8(13(11)17)14(19-18)12-9(15)5-3-6-10(12)16/h2-7,14,19H,18H2,1H3. The number of methoxy groups -OCH3 is 1. The summed E-state index contributed by atoms with van der Waals surface area (Å²) in [6.07, 6.45) is 0. The fourth-order valence-electron chi connectivity index (χ4n) is 2.02. The molecule has 0 bridgehead atoms. The molecular formula is C14H13BrF2N2O. The van der Waals surface area contributed by atoms with Crippen molar-refractivity contribution < 1.29 is 13.5 Å². The average molecular weight is 343 g/mol. The lowest BCUT2D eigenvalue weighted by Crippen LogP contribution is -2.30. The van der Waals surface area contributed by atoms with Gasteiger partial charge >= 0.3 is 0 Å². The van der Waals surface area contributed by atoms with E-state index >= 15 is 0 Å². The van der Waals surface area contributed by atoms with Gasteiger partial charge in [-0.05, 0) is 18.2 Å². The normalized spacial score (nSPS) is 12.2. The van der Waals surface area contributed by atoms with E-state index < -0.39 is 17.7 Å². The molecule has 1 atom stereocenters. The number of halogens is 3. The largest absolute Gasteiger partial charge is 0.494 e. The molecule has 2 aromatic rings. The van der Waals surface area contributed by atoms with Gasteiger partial charge in [-0.1, -0.05) is 34.1 Å². The van der Waals surface area contributed by atoms with E-state index in [1.54, 1.807) is 18.2 Å². The number of hydrogen-bond acceptors (Lipinski definition) is 3. The van der Waals surface area contributed by atoms with Gasteiger partial charge in [-0.25, -0.2) is 14.2 Å². The van der Waals surface area contributed by atoms with Gasteiger partial charge in [0.15, 0.2) is 11.6 Å². The van der Waals surface area contributed by atoms with Gasteiger partial charge in [0, 0.05) is 15.6 Å². The Balaban J connectivity index is 2.59. The minimum Gasteiger partial charge on any atom is -0.494 e. The van der Waals surface area contributed by atoms with Crippen LogP contribution in [-0.2, 0) is 0 Å². The molecule has 1 unspecified atom stereocenters. The smallest absolute Gasteiger partial charge is 0.170 e. The van der Waals surface area contributed by atoms with Crippen LogP contribution in [0.3, 0.4) is 0 Å². The fraction of sp³-hybridized carbons (Fsp3) is 0.143. The van der Waals surface area contributed by atoms with E-state index in [4.69, 9.17) is 10.6 Å². The molecule has 0 radical (unpaired) electrons. The Hall–Kier alpha value is -1.50. The number of benzene rings is 2. The molecule has 3 nitrogen and oxygen atoms in total. The second kappa shape index (κ2) is 6.30. The third-order valence-corrected chi connectivity index (χ3v) is 3.67. The molecule has 6 heteroatoms. The first kappa shape index (κ1) is 14.9. The van der Waals surface area contributed by atoms with Gasteiger partial charge in [-0.2, -0.15) is 0 Å². The summed E-state index contributed by atoms with van der Waals surface area (Å²) in [4.78, 5) is 0. The first-order valence-electron chi connectivity index (χ1n) is 5.82. The summed E-state index contributed by atoms with van der Waals surface area (Å²) < 4.78 is 33.7. The van der Waals surface area contributed by atoms with Crippen molar-refractivity contribution in [3.05, 3.63) is 63.6 Å². The van der Waals surface area contributed by atoms with E-state index in [-0.39, 0.29) is 16.9 Å². The zero-order valence-electron chi connectivity index (χ0n) is 10.7. The van der Waals surface area contributed by atoms with Gasteiger partial charge in [-0.3, -0.25) is 5.84 Å². The molecule has 0 fully saturated rings. The van der Waals surface area contributed by atoms with Gasteiger partial charge in [0.05, 0.1) is 13.2 Å². The van der Waals surface area contributed by atoms with Gasteiger partial charge in [0.25, 0.3) is 0 Å². The lowest BCUT2D eigenvalue weighted by molar-refractivity contribution is 0.381. The third-order valence-electron chi connectivity index (χ3n) is 2.98. The molecular weight excluding hydrogens is 330 g/mol. The predicted octanol–water partition coefficient (Wildman–Crippen LogP) is 3.29. The van der Waals surface area contributed by atoms with E-state index in [2.05, 4.69) is 21.4 Å². The second-order valence-corrected chi connectivity index (χ2v) is 4.95. The van der Waals surface area contributed by atoms with Crippen LogP contribution in [0, 0.1) is 11.6 Å². The number of hydrogen-bond donors (Lipinski definition) is 2. The fourth-order valence-corrected chi connectivity index (χ4v) is 2.59. The third kappa shape index (κ3) is 2.67. The van der Waals surface area contributed by atoms with Crippen LogP contribution in [0.25, 0.3) is 0 Å². The highest BCUT2D eigenvalue weighted by atomic mass is 79.9. The average Bonchev–Trinajstić information content (AvgIpc) is 2.44. The Morgan fingerprint density at radius 3 is 2.50 bits per heavy atom. The summed E-state index contributed by atoms with van der Waals surface area (Å²) >= 11 is 3.26. The Labute approximate surface area is 123 Å². The zero-order chi connectivity index (χ0) is 14.7. The maximum Gasteiger partial charge on any atom is 0.170 e. The number of nitrogens with one attached hydrogen (secondary N) is 1. The second-order valence-electron chi connectivity index (χ2n) is 4.10. The molecule has 0 saturated carbocycles. The summed E-state index contributed by atoms with van der Waals surface area (Å²) in [5.74, 6) is 4.51. The molecule has 3 N–H and O–H groups in total. The van der Waals surface area contributed by atoms with Crippen LogP contribution in [0.4, 0.5) is 8.78 Å². The molecule has 106 valence electrons. The molecule has 20 heavy (non-hydrogen) atoms. The summed E-state index contributed by atoms with van der Waals surface area (Å²) in [6, 6.07) is 8.32. The van der Waals surface area contributed by atoms with Crippen LogP contribution in [0.2, 0.25) is 0 Å². The molecule has 0 aliphatic heterocycles. The summed E-state index contributed by atoms with van der Waals surface area (Å²) in [6.45, 7) is 0. The number of ether oxygens (including phenoxy) is 1. The molecule has 2 aromatic carbocycles. The zero-order valence-corrected chi connectivity index (χ0v) is 12.2. The Kier molecular flexibility index (Phi) is 4.69. The van der Waals surface area contributed by atoms with E-state index in [1.165, 1.54) is 25.3 Å². The van der Waals surface area contributed by atoms with Crippen molar-refractivity contribution in [2.75, 3.05) is 7.11 Å². The van der Waals surface area contributed by atoms with E-state index in [9.17, 15) is 8.78 Å². The maximum atomic E-state index is 14.3. The Bertz CT molecular complexity index is 602. The van der Waals surface area contributed by atoms with Gasteiger partial charge in [0.1, 0.15) is 5.82 Å². The minimum absolute atomic E-state index is 0.0789. The Morgan fingerprint density at radius 2 is 1.90 bits per heavy atom. The molecule has 0 amide bonds. The molecule has 0 heterocycles. The number of hydrazine groups is 1. The van der Waals surface area contributed by atoms with Gasteiger partial charge in [-0.15, -0.1) is 0 Å². The molecule has 0 aromatic heterocycles. The lowest BCUT2D eigenvalue weighted by Gasteiger charge is -2.20. The maximum absolute atomic E-state index is 14.3. The quantitative estimate of drug-likeness (QED) is 0.662. The van der Waals surface area contributed by atoms with E-state index in [0.29, 0.717) is 4.47 Å². The molecule has 2 rings (SSSR count). The molecule has 0 aliphatic carbocycles. The van der Waals surface area contributed by atoms with Crippen LogP contribution in [0.5, 0.6) is 5.75 Å². The summed E-state index contributed by atoms with van der Waals surface area (Å²) in [7, 11) is 1.37. The van der Waals surface area contributed by atoms with Gasteiger partial charge in [0.2, 0.25) is 0 Å². The highest BCUT2D eigenvalue weighted by Crippen LogP contribution is 2.33. The number of rotatable bonds is 4. The van der Waals surface area contributed by atoms with E-state index in [0.717, 1.165) is 0 Å². The Morgan fingerprint density at radius 1 is 1.20 bits per heavy atom. The first-order valence-corrected chi connectivity index (χ1v) is 6.62. The first-order chi connectivity index (χ1) is 9.60. The van der Waals surface area contributed by atoms with Crippen LogP contribution in [0.1, 0.15) is 17.2 Å². The van der Waals surface area contributed by atoms with Crippen LogP contribution < -0.4 is 16.0 Å². The van der Waals surface area contributed by atoms with Crippen molar-refractivity contribution in [2.24, 2.45) is 5.84 Å². The summed E-state index contributed by atoms with van der Waals surface area (Å²) in [5.41, 5.74) is 2.89. The predicted molar refractivity (Wildman–Crippen MR) is 76.2 cm³/mol. The van der Waals surface area contributed by atoms with Crippen molar-refractivity contribution >= 4 is 15.9 Å².